The summed E-state index contributed by atoms with van der Waals surface area (Å²) in [5.41, 5.74) is 1.39. The SMILES string of the molecule is CCCCCCCOC1CC(c2ccccc2)CCC1O. The normalized spacial score (nSPS) is 25.9. The zero-order chi connectivity index (χ0) is 14.9. The lowest BCUT2D eigenvalue weighted by molar-refractivity contribution is -0.0642. The van der Waals surface area contributed by atoms with Gasteiger partial charge in [-0.05, 0) is 37.2 Å². The number of unbranched alkanes of at least 4 members (excludes halogenated alkanes) is 4. The molecule has 2 rings (SSSR count). The molecule has 1 aromatic carbocycles. The Balaban J connectivity index is 1.74. The average Bonchev–Trinajstić information content (AvgIpc) is 2.53. The molecule has 0 spiro atoms. The molecule has 21 heavy (non-hydrogen) atoms. The Labute approximate surface area is 129 Å². The van der Waals surface area contributed by atoms with E-state index in [1.807, 2.05) is 0 Å². The molecule has 1 aromatic rings. The van der Waals surface area contributed by atoms with Crippen LogP contribution in [0.15, 0.2) is 30.3 Å². The van der Waals surface area contributed by atoms with E-state index in [4.69, 9.17) is 4.74 Å². The van der Waals surface area contributed by atoms with Crippen molar-refractivity contribution in [1.29, 1.82) is 0 Å². The maximum Gasteiger partial charge on any atom is 0.0839 e. The fourth-order valence-corrected chi connectivity index (χ4v) is 3.26. The third-order valence-corrected chi connectivity index (χ3v) is 4.61. The molecule has 2 nitrogen and oxygen atoms in total. The van der Waals surface area contributed by atoms with Crippen molar-refractivity contribution in [1.82, 2.24) is 0 Å². The summed E-state index contributed by atoms with van der Waals surface area (Å²) < 4.78 is 5.98. The van der Waals surface area contributed by atoms with Gasteiger partial charge in [0.2, 0.25) is 0 Å². The Morgan fingerprint density at radius 1 is 1.05 bits per heavy atom. The van der Waals surface area contributed by atoms with Crippen molar-refractivity contribution in [2.75, 3.05) is 6.61 Å². The number of ether oxygens (including phenoxy) is 1. The Morgan fingerprint density at radius 3 is 2.57 bits per heavy atom. The molecule has 0 heterocycles. The van der Waals surface area contributed by atoms with Gasteiger partial charge in [0, 0.05) is 6.61 Å². The van der Waals surface area contributed by atoms with Gasteiger partial charge in [0.25, 0.3) is 0 Å². The van der Waals surface area contributed by atoms with Gasteiger partial charge in [-0.1, -0.05) is 62.9 Å². The Hall–Kier alpha value is -0.860. The van der Waals surface area contributed by atoms with Gasteiger partial charge >= 0.3 is 0 Å². The van der Waals surface area contributed by atoms with Crippen LogP contribution in [0.25, 0.3) is 0 Å². The molecule has 0 saturated heterocycles. The first-order valence-electron chi connectivity index (χ1n) is 8.66. The lowest BCUT2D eigenvalue weighted by Gasteiger charge is -2.33. The molecular weight excluding hydrogens is 260 g/mol. The second-order valence-corrected chi connectivity index (χ2v) is 6.31. The number of aliphatic hydroxyl groups is 1. The third kappa shape index (κ3) is 5.44. The minimum Gasteiger partial charge on any atom is -0.390 e. The van der Waals surface area contributed by atoms with Crippen LogP contribution < -0.4 is 0 Å². The molecule has 1 aliphatic carbocycles. The van der Waals surface area contributed by atoms with Crippen LogP contribution in [0.3, 0.4) is 0 Å². The molecule has 0 aliphatic heterocycles. The number of hydrogen-bond acceptors (Lipinski definition) is 2. The van der Waals surface area contributed by atoms with Crippen molar-refractivity contribution in [3.8, 4) is 0 Å². The Morgan fingerprint density at radius 2 is 1.81 bits per heavy atom. The molecule has 118 valence electrons. The molecule has 1 N–H and O–H groups in total. The number of hydrogen-bond donors (Lipinski definition) is 1. The van der Waals surface area contributed by atoms with Crippen molar-refractivity contribution in [2.24, 2.45) is 0 Å². The third-order valence-electron chi connectivity index (χ3n) is 4.61. The van der Waals surface area contributed by atoms with E-state index in [0.29, 0.717) is 5.92 Å². The zero-order valence-corrected chi connectivity index (χ0v) is 13.3. The van der Waals surface area contributed by atoms with Crippen LogP contribution in [0.1, 0.15) is 69.8 Å². The van der Waals surface area contributed by atoms with E-state index in [1.165, 1.54) is 31.2 Å². The standard InChI is InChI=1S/C19H30O2/c1-2-3-4-5-9-14-21-19-15-17(12-13-18(19)20)16-10-7-6-8-11-16/h6-8,10-11,17-20H,2-5,9,12-15H2,1H3. The smallest absolute Gasteiger partial charge is 0.0839 e. The van der Waals surface area contributed by atoms with Gasteiger partial charge in [0.05, 0.1) is 12.2 Å². The highest BCUT2D eigenvalue weighted by Crippen LogP contribution is 2.34. The van der Waals surface area contributed by atoms with Crippen molar-refractivity contribution < 1.29 is 9.84 Å². The van der Waals surface area contributed by atoms with Crippen LogP contribution in [-0.4, -0.2) is 23.9 Å². The van der Waals surface area contributed by atoms with Crippen LogP contribution in [-0.2, 0) is 4.74 Å². The first-order valence-corrected chi connectivity index (χ1v) is 8.66. The first-order chi connectivity index (χ1) is 10.3. The minimum atomic E-state index is -0.277. The van der Waals surface area contributed by atoms with Crippen molar-refractivity contribution in [2.45, 2.75) is 76.4 Å². The van der Waals surface area contributed by atoms with Crippen LogP contribution >= 0.6 is 0 Å². The van der Waals surface area contributed by atoms with Gasteiger partial charge in [-0.25, -0.2) is 0 Å². The highest BCUT2D eigenvalue weighted by molar-refractivity contribution is 5.20. The fraction of sp³-hybridized carbons (Fsp3) is 0.684. The second-order valence-electron chi connectivity index (χ2n) is 6.31. The summed E-state index contributed by atoms with van der Waals surface area (Å²) in [6, 6.07) is 10.7. The zero-order valence-electron chi connectivity index (χ0n) is 13.3. The summed E-state index contributed by atoms with van der Waals surface area (Å²) in [6.45, 7) is 3.03. The molecule has 0 amide bonds. The predicted molar refractivity (Wildman–Crippen MR) is 87.5 cm³/mol. The Bertz CT molecular complexity index is 376. The summed E-state index contributed by atoms with van der Waals surface area (Å²) in [5.74, 6) is 0.541. The maximum absolute atomic E-state index is 10.1. The van der Waals surface area contributed by atoms with Crippen LogP contribution in [0.5, 0.6) is 0 Å². The molecule has 3 unspecified atom stereocenters. The van der Waals surface area contributed by atoms with Gasteiger partial charge in [0.1, 0.15) is 0 Å². The lowest BCUT2D eigenvalue weighted by atomic mass is 9.81. The van der Waals surface area contributed by atoms with E-state index in [-0.39, 0.29) is 12.2 Å². The van der Waals surface area contributed by atoms with Crippen LogP contribution in [0.4, 0.5) is 0 Å². The summed E-state index contributed by atoms with van der Waals surface area (Å²) in [7, 11) is 0. The van der Waals surface area contributed by atoms with Gasteiger partial charge in [0.15, 0.2) is 0 Å². The van der Waals surface area contributed by atoms with E-state index in [0.717, 1.165) is 32.3 Å². The van der Waals surface area contributed by atoms with E-state index < -0.39 is 0 Å². The van der Waals surface area contributed by atoms with Gasteiger partial charge in [-0.15, -0.1) is 0 Å². The highest BCUT2D eigenvalue weighted by atomic mass is 16.5. The molecule has 0 aromatic heterocycles. The predicted octanol–water partition coefficient (Wildman–Crippen LogP) is 4.67. The quantitative estimate of drug-likeness (QED) is 0.705. The maximum atomic E-state index is 10.1. The highest BCUT2D eigenvalue weighted by Gasteiger charge is 2.30. The van der Waals surface area contributed by atoms with Gasteiger partial charge in [-0.3, -0.25) is 0 Å². The molecule has 1 aliphatic rings. The van der Waals surface area contributed by atoms with Crippen LogP contribution in [0.2, 0.25) is 0 Å². The molecule has 3 atom stereocenters. The minimum absolute atomic E-state index is 0.0233. The largest absolute Gasteiger partial charge is 0.390 e. The van der Waals surface area contributed by atoms with E-state index in [9.17, 15) is 5.11 Å². The summed E-state index contributed by atoms with van der Waals surface area (Å²) in [5, 5.41) is 10.1. The average molecular weight is 290 g/mol. The molecule has 0 bridgehead atoms. The molecular formula is C19H30O2. The number of aliphatic hydroxyl groups excluding tert-OH is 1. The Kier molecular flexibility index (Phi) is 7.25. The summed E-state index contributed by atoms with van der Waals surface area (Å²) in [6.07, 6.45) is 8.92. The molecule has 0 radical (unpaired) electrons. The monoisotopic (exact) mass is 290 g/mol. The topological polar surface area (TPSA) is 29.5 Å². The number of benzene rings is 1. The van der Waals surface area contributed by atoms with E-state index >= 15 is 0 Å². The summed E-state index contributed by atoms with van der Waals surface area (Å²) >= 11 is 0. The van der Waals surface area contributed by atoms with Crippen molar-refractivity contribution >= 4 is 0 Å². The number of rotatable bonds is 8. The molecule has 1 fully saturated rings. The van der Waals surface area contributed by atoms with Crippen LogP contribution in [0, 0.1) is 0 Å². The van der Waals surface area contributed by atoms with E-state index in [1.54, 1.807) is 0 Å². The van der Waals surface area contributed by atoms with Gasteiger partial charge in [-0.2, -0.15) is 0 Å². The van der Waals surface area contributed by atoms with Crippen molar-refractivity contribution in [3.05, 3.63) is 35.9 Å². The lowest BCUT2D eigenvalue weighted by Crippen LogP contribution is -2.35. The van der Waals surface area contributed by atoms with E-state index in [2.05, 4.69) is 37.3 Å². The van der Waals surface area contributed by atoms with Crippen molar-refractivity contribution in [3.63, 3.8) is 0 Å². The fourth-order valence-electron chi connectivity index (χ4n) is 3.26. The summed E-state index contributed by atoms with van der Waals surface area (Å²) in [4.78, 5) is 0. The van der Waals surface area contributed by atoms with Gasteiger partial charge < -0.3 is 9.84 Å². The molecule has 1 saturated carbocycles. The second kappa shape index (κ2) is 9.22. The molecule has 2 heteroatoms. The first kappa shape index (κ1) is 16.5.